The van der Waals surface area contributed by atoms with Crippen LogP contribution in [-0.4, -0.2) is 88.8 Å². The molecule has 6 aromatic rings. The van der Waals surface area contributed by atoms with Crippen LogP contribution in [0.4, 0.5) is 5.69 Å². The topological polar surface area (TPSA) is 77.2 Å². The number of anilines is 1. The van der Waals surface area contributed by atoms with Gasteiger partial charge in [-0.2, -0.15) is 5.10 Å². The normalized spacial score (nSPS) is 15.2. The number of nitrogens with zero attached hydrogens (tertiary/aromatic N) is 6. The number of fused-ring (bicyclic) bond motifs is 3. The number of piperazine rings is 1. The average Bonchev–Trinajstić information content (AvgIpc) is 3.71. The predicted octanol–water partition coefficient (Wildman–Crippen LogP) is 8.20. The van der Waals surface area contributed by atoms with Crippen molar-refractivity contribution in [1.29, 1.82) is 0 Å². The molecule has 292 valence electrons. The molecule has 0 N–H and O–H groups in total. The lowest BCUT2D eigenvalue weighted by atomic mass is 9.97. The minimum atomic E-state index is -0.283. The molecule has 2 aromatic heterocycles. The van der Waals surface area contributed by atoms with E-state index >= 15 is 0 Å². The van der Waals surface area contributed by atoms with Crippen molar-refractivity contribution in [3.05, 3.63) is 108 Å². The van der Waals surface area contributed by atoms with Gasteiger partial charge < -0.3 is 28.6 Å². The van der Waals surface area contributed by atoms with E-state index in [2.05, 4.69) is 92.6 Å². The highest BCUT2D eigenvalue weighted by Gasteiger charge is 2.29. The van der Waals surface area contributed by atoms with E-state index in [1.807, 2.05) is 54.9 Å². The molecule has 0 saturated carbocycles. The molecule has 11 heteroatoms. The summed E-state index contributed by atoms with van der Waals surface area (Å²) in [6.07, 6.45) is 4.45. The molecule has 8 rings (SSSR count). The Morgan fingerprint density at radius 2 is 1.61 bits per heavy atom. The lowest BCUT2D eigenvalue weighted by Gasteiger charge is -2.34. The number of hydrogen-bond acceptors (Lipinski definition) is 9. The van der Waals surface area contributed by atoms with Crippen LogP contribution in [0.3, 0.4) is 0 Å². The first-order valence-electron chi connectivity index (χ1n) is 19.9. The Morgan fingerprint density at radius 1 is 0.839 bits per heavy atom. The first-order valence-corrected chi connectivity index (χ1v) is 21.0. The molecule has 2 aliphatic heterocycles. The van der Waals surface area contributed by atoms with E-state index in [4.69, 9.17) is 19.3 Å². The van der Waals surface area contributed by atoms with Crippen molar-refractivity contribution in [3.63, 3.8) is 0 Å². The summed E-state index contributed by atoms with van der Waals surface area (Å²) < 4.78 is 25.3. The van der Waals surface area contributed by atoms with Crippen LogP contribution in [0.2, 0.25) is 0 Å². The fraction of sp³-hybridized carbons (Fsp3) is 0.378. The van der Waals surface area contributed by atoms with Crippen molar-refractivity contribution in [3.8, 4) is 22.6 Å². The first-order chi connectivity index (χ1) is 27.4. The summed E-state index contributed by atoms with van der Waals surface area (Å²) in [5, 5.41) is 8.41. The Labute approximate surface area is 334 Å². The lowest BCUT2D eigenvalue weighted by Crippen LogP contribution is -2.43. The Hall–Kier alpha value is -4.97. The largest absolute Gasteiger partial charge is 0.493 e. The van der Waals surface area contributed by atoms with E-state index < -0.39 is 0 Å². The van der Waals surface area contributed by atoms with E-state index in [9.17, 15) is 4.79 Å². The SMILES string of the molecule is CCOC(=O)c1c(CCCOc2cccc3ccccc23)c2cccc3c2n1CCCN(C)Cc1c-3c(COc2ccc(N3CCN(SC)CC3)cc2)nn1C. The number of carbonyl (C=O) groups excluding carboxylic acids is 1. The number of aromatic nitrogens is 3. The molecule has 1 fully saturated rings. The van der Waals surface area contributed by atoms with E-state index in [0.29, 0.717) is 38.5 Å². The Bertz CT molecular complexity index is 2300. The molecule has 4 aromatic carbocycles. The van der Waals surface area contributed by atoms with Gasteiger partial charge in [0.15, 0.2) is 0 Å². The van der Waals surface area contributed by atoms with Crippen molar-refractivity contribution < 1.29 is 19.0 Å². The molecule has 0 amide bonds. The maximum absolute atomic E-state index is 14.0. The number of para-hydroxylation sites is 1. The zero-order valence-electron chi connectivity index (χ0n) is 33.0. The molecule has 1 saturated heterocycles. The summed E-state index contributed by atoms with van der Waals surface area (Å²) in [6, 6.07) is 29.4. The van der Waals surface area contributed by atoms with E-state index in [0.717, 1.165) is 113 Å². The van der Waals surface area contributed by atoms with Crippen molar-refractivity contribution in [1.82, 2.24) is 23.6 Å². The van der Waals surface area contributed by atoms with Gasteiger partial charge in [-0.3, -0.25) is 4.68 Å². The summed E-state index contributed by atoms with van der Waals surface area (Å²) >= 11 is 1.82. The maximum atomic E-state index is 14.0. The second-order valence-electron chi connectivity index (χ2n) is 14.7. The standard InChI is InChI=1S/C45H52N6O4S/c1-5-53-45(52)44-37(17-10-29-54-41-18-8-13-32-12-6-7-14-35(32)41)36-15-9-16-38-42-39(46-48(3)40(42)30-47(2)23-11-24-51(44)43(36)38)31-55-34-21-19-33(20-22-34)49-25-27-50(56-4)28-26-49/h6-9,12-16,18-22H,5,10-11,17,23-31H2,1-4H3. The van der Waals surface area contributed by atoms with Gasteiger partial charge in [-0.15, -0.1) is 0 Å². The minimum Gasteiger partial charge on any atom is -0.493 e. The van der Waals surface area contributed by atoms with Gasteiger partial charge in [0, 0.05) is 73.9 Å². The zero-order valence-corrected chi connectivity index (χ0v) is 33.8. The van der Waals surface area contributed by atoms with Crippen LogP contribution in [0, 0.1) is 0 Å². The molecule has 2 aliphatic rings. The van der Waals surface area contributed by atoms with E-state index in [1.54, 1.807) is 0 Å². The van der Waals surface area contributed by atoms with Gasteiger partial charge in [0.05, 0.1) is 24.4 Å². The molecule has 0 atom stereocenters. The highest BCUT2D eigenvalue weighted by Crippen LogP contribution is 2.40. The smallest absolute Gasteiger partial charge is 0.355 e. The minimum absolute atomic E-state index is 0.283. The van der Waals surface area contributed by atoms with Crippen LogP contribution in [-0.2, 0) is 37.9 Å². The third-order valence-corrected chi connectivity index (χ3v) is 12.0. The third kappa shape index (κ3) is 7.72. The lowest BCUT2D eigenvalue weighted by molar-refractivity contribution is 0.0512. The highest BCUT2D eigenvalue weighted by molar-refractivity contribution is 7.96. The molecule has 0 radical (unpaired) electrons. The Morgan fingerprint density at radius 3 is 2.41 bits per heavy atom. The van der Waals surface area contributed by atoms with Gasteiger partial charge in [0.1, 0.15) is 29.5 Å². The number of aryl methyl sites for hydroxylation is 3. The maximum Gasteiger partial charge on any atom is 0.355 e. The second-order valence-corrected chi connectivity index (χ2v) is 15.6. The van der Waals surface area contributed by atoms with Gasteiger partial charge in [0.25, 0.3) is 0 Å². The molecular formula is C45H52N6O4S. The number of esters is 1. The number of carbonyl (C=O) groups is 1. The van der Waals surface area contributed by atoms with Crippen LogP contribution in [0.15, 0.2) is 84.9 Å². The van der Waals surface area contributed by atoms with Crippen LogP contribution < -0.4 is 14.4 Å². The number of ether oxygens (including phenoxy) is 3. The fourth-order valence-corrected chi connectivity index (χ4v) is 8.95. The van der Waals surface area contributed by atoms with Crippen molar-refractivity contribution in [2.45, 2.75) is 45.9 Å². The Kier molecular flexibility index (Phi) is 11.5. The second kappa shape index (κ2) is 17.0. The molecule has 0 aliphatic carbocycles. The molecule has 4 heterocycles. The predicted molar refractivity (Wildman–Crippen MR) is 227 cm³/mol. The van der Waals surface area contributed by atoms with Gasteiger partial charge in [-0.05, 0) is 87.3 Å². The van der Waals surface area contributed by atoms with Crippen molar-refractivity contribution >= 4 is 45.3 Å². The average molecular weight is 773 g/mol. The molecule has 0 spiro atoms. The molecule has 10 nitrogen and oxygen atoms in total. The highest BCUT2D eigenvalue weighted by atomic mass is 32.2. The molecule has 0 bridgehead atoms. The molecule has 0 unspecified atom stereocenters. The summed E-state index contributed by atoms with van der Waals surface area (Å²) in [6.45, 7) is 9.47. The van der Waals surface area contributed by atoms with Crippen molar-refractivity contribution in [2.75, 3.05) is 64.1 Å². The quantitative estimate of drug-likeness (QED) is 0.0696. The van der Waals surface area contributed by atoms with Crippen LogP contribution in [0.5, 0.6) is 11.5 Å². The number of rotatable bonds is 12. The van der Waals surface area contributed by atoms with Gasteiger partial charge >= 0.3 is 5.97 Å². The summed E-state index contributed by atoms with van der Waals surface area (Å²) in [4.78, 5) is 18.7. The third-order valence-electron chi connectivity index (χ3n) is 11.2. The zero-order chi connectivity index (χ0) is 38.6. The first kappa shape index (κ1) is 37.9. The van der Waals surface area contributed by atoms with Crippen LogP contribution in [0.1, 0.15) is 47.2 Å². The number of hydrogen-bond donors (Lipinski definition) is 0. The van der Waals surface area contributed by atoms with E-state index in [-0.39, 0.29) is 5.97 Å². The van der Waals surface area contributed by atoms with Crippen LogP contribution >= 0.6 is 11.9 Å². The molecular weight excluding hydrogens is 721 g/mol. The molecule has 56 heavy (non-hydrogen) atoms. The summed E-state index contributed by atoms with van der Waals surface area (Å²) in [5.41, 5.74) is 8.03. The van der Waals surface area contributed by atoms with Crippen molar-refractivity contribution in [2.24, 2.45) is 7.05 Å². The summed E-state index contributed by atoms with van der Waals surface area (Å²) in [7, 11) is 4.18. The van der Waals surface area contributed by atoms with Crippen LogP contribution in [0.25, 0.3) is 32.8 Å². The van der Waals surface area contributed by atoms with E-state index in [1.165, 1.54) is 5.69 Å². The van der Waals surface area contributed by atoms with Gasteiger partial charge in [0.2, 0.25) is 0 Å². The Balaban J connectivity index is 1.12. The number of benzene rings is 4. The summed E-state index contributed by atoms with van der Waals surface area (Å²) in [5.74, 6) is 1.40. The van der Waals surface area contributed by atoms with Gasteiger partial charge in [-0.25, -0.2) is 9.10 Å². The van der Waals surface area contributed by atoms with Gasteiger partial charge in [-0.1, -0.05) is 66.5 Å². The fourth-order valence-electron chi connectivity index (χ4n) is 8.42. The monoisotopic (exact) mass is 772 g/mol.